The lowest BCUT2D eigenvalue weighted by atomic mass is 10.2. The zero-order chi connectivity index (χ0) is 15.5. The Balaban J connectivity index is 1.63. The molecular formula is C15H16ClN3O2S. The van der Waals surface area contributed by atoms with E-state index in [4.69, 9.17) is 16.3 Å². The van der Waals surface area contributed by atoms with Crippen LogP contribution in [0.2, 0.25) is 4.34 Å². The number of pyridine rings is 1. The normalized spacial score (nSPS) is 15.0. The van der Waals surface area contributed by atoms with Crippen LogP contribution >= 0.6 is 22.9 Å². The van der Waals surface area contributed by atoms with Crippen molar-refractivity contribution in [3.05, 3.63) is 39.7 Å². The van der Waals surface area contributed by atoms with Gasteiger partial charge in [0.05, 0.1) is 16.3 Å². The van der Waals surface area contributed by atoms with Gasteiger partial charge in [-0.2, -0.15) is 0 Å². The molecule has 0 bridgehead atoms. The summed E-state index contributed by atoms with van der Waals surface area (Å²) in [6.45, 7) is 2.86. The fourth-order valence-corrected chi connectivity index (χ4v) is 3.43. The Kier molecular flexibility index (Phi) is 4.49. The first-order valence-electron chi connectivity index (χ1n) is 6.97. The highest BCUT2D eigenvalue weighted by atomic mass is 35.5. The molecule has 7 heteroatoms. The van der Waals surface area contributed by atoms with Gasteiger partial charge in [-0.1, -0.05) is 11.6 Å². The number of ether oxygens (including phenoxy) is 1. The van der Waals surface area contributed by atoms with Crippen LogP contribution in [-0.4, -0.2) is 49.1 Å². The van der Waals surface area contributed by atoms with E-state index in [1.807, 2.05) is 17.0 Å². The average Bonchev–Trinajstić information content (AvgIpc) is 3.01. The molecule has 0 N–H and O–H groups in total. The lowest BCUT2D eigenvalue weighted by molar-refractivity contribution is 0.0751. The minimum Gasteiger partial charge on any atom is -0.497 e. The summed E-state index contributed by atoms with van der Waals surface area (Å²) in [5, 5.41) is 0. The zero-order valence-electron chi connectivity index (χ0n) is 12.2. The summed E-state index contributed by atoms with van der Waals surface area (Å²) >= 11 is 7.22. The molecule has 2 aromatic rings. The van der Waals surface area contributed by atoms with Crippen LogP contribution in [0.1, 0.15) is 9.67 Å². The number of rotatable bonds is 3. The first-order chi connectivity index (χ1) is 10.7. The Labute approximate surface area is 138 Å². The molecule has 0 aliphatic carbocycles. The topological polar surface area (TPSA) is 45.7 Å². The van der Waals surface area contributed by atoms with E-state index >= 15 is 0 Å². The molecule has 1 aliphatic rings. The van der Waals surface area contributed by atoms with Crippen molar-refractivity contribution in [3.63, 3.8) is 0 Å². The van der Waals surface area contributed by atoms with Crippen LogP contribution < -0.4 is 9.64 Å². The molecule has 0 saturated carbocycles. The summed E-state index contributed by atoms with van der Waals surface area (Å²) in [4.78, 5) is 21.5. The Bertz CT molecular complexity index is 668. The lowest BCUT2D eigenvalue weighted by Gasteiger charge is -2.35. The fourth-order valence-electron chi connectivity index (χ4n) is 2.42. The van der Waals surface area contributed by atoms with E-state index in [-0.39, 0.29) is 5.91 Å². The van der Waals surface area contributed by atoms with Gasteiger partial charge in [-0.15, -0.1) is 11.3 Å². The summed E-state index contributed by atoms with van der Waals surface area (Å²) in [5.41, 5.74) is 0. The molecule has 3 heterocycles. The van der Waals surface area contributed by atoms with Gasteiger partial charge < -0.3 is 14.5 Å². The average molecular weight is 338 g/mol. The number of anilines is 1. The van der Waals surface area contributed by atoms with Crippen LogP contribution in [0.4, 0.5) is 5.82 Å². The molecule has 116 valence electrons. The molecule has 1 fully saturated rings. The molecule has 1 aliphatic heterocycles. The van der Waals surface area contributed by atoms with E-state index < -0.39 is 0 Å². The van der Waals surface area contributed by atoms with Gasteiger partial charge in [0.1, 0.15) is 11.6 Å². The molecule has 1 amide bonds. The van der Waals surface area contributed by atoms with Gasteiger partial charge in [0.15, 0.2) is 0 Å². The number of thiophene rings is 1. The largest absolute Gasteiger partial charge is 0.497 e. The second-order valence-corrected chi connectivity index (χ2v) is 6.65. The SMILES string of the molecule is COc1ccnc(N2CCN(C(=O)c3ccc(Cl)s3)CC2)c1. The third kappa shape index (κ3) is 3.18. The summed E-state index contributed by atoms with van der Waals surface area (Å²) < 4.78 is 5.86. The molecule has 0 unspecified atom stereocenters. The quantitative estimate of drug-likeness (QED) is 0.864. The Morgan fingerprint density at radius 2 is 2.05 bits per heavy atom. The lowest BCUT2D eigenvalue weighted by Crippen LogP contribution is -2.48. The van der Waals surface area contributed by atoms with Crippen molar-refractivity contribution < 1.29 is 9.53 Å². The van der Waals surface area contributed by atoms with Crippen molar-refractivity contribution in [2.24, 2.45) is 0 Å². The predicted molar refractivity (Wildman–Crippen MR) is 88.2 cm³/mol. The molecule has 1 saturated heterocycles. The van der Waals surface area contributed by atoms with Crippen molar-refractivity contribution in [1.29, 1.82) is 0 Å². The minimum absolute atomic E-state index is 0.0511. The molecule has 5 nitrogen and oxygen atoms in total. The highest BCUT2D eigenvalue weighted by Gasteiger charge is 2.23. The first kappa shape index (κ1) is 15.1. The second kappa shape index (κ2) is 6.54. The fraction of sp³-hybridized carbons (Fsp3) is 0.333. The van der Waals surface area contributed by atoms with Crippen LogP contribution in [0.5, 0.6) is 5.75 Å². The smallest absolute Gasteiger partial charge is 0.264 e. The van der Waals surface area contributed by atoms with E-state index in [0.717, 1.165) is 24.7 Å². The third-order valence-corrected chi connectivity index (χ3v) is 4.85. The summed E-state index contributed by atoms with van der Waals surface area (Å²) in [6, 6.07) is 7.28. The number of halogens is 1. The number of carbonyl (C=O) groups excluding carboxylic acids is 1. The van der Waals surface area contributed by atoms with Crippen molar-refractivity contribution in [2.45, 2.75) is 0 Å². The number of piperazine rings is 1. The van der Waals surface area contributed by atoms with Crippen LogP contribution in [0.15, 0.2) is 30.5 Å². The third-order valence-electron chi connectivity index (χ3n) is 3.63. The number of nitrogens with zero attached hydrogens (tertiary/aromatic N) is 3. The van der Waals surface area contributed by atoms with Crippen LogP contribution in [0.3, 0.4) is 0 Å². The summed E-state index contributed by atoms with van der Waals surface area (Å²) in [6.07, 6.45) is 1.74. The van der Waals surface area contributed by atoms with Crippen molar-refractivity contribution in [1.82, 2.24) is 9.88 Å². The van der Waals surface area contributed by atoms with Gasteiger partial charge in [0.25, 0.3) is 5.91 Å². The monoisotopic (exact) mass is 337 g/mol. The maximum absolute atomic E-state index is 12.4. The molecule has 0 spiro atoms. The molecule has 22 heavy (non-hydrogen) atoms. The van der Waals surface area contributed by atoms with Gasteiger partial charge in [-0.3, -0.25) is 4.79 Å². The number of aromatic nitrogens is 1. The van der Waals surface area contributed by atoms with E-state index in [1.165, 1.54) is 11.3 Å². The zero-order valence-corrected chi connectivity index (χ0v) is 13.7. The number of methoxy groups -OCH3 is 1. The van der Waals surface area contributed by atoms with E-state index in [9.17, 15) is 4.79 Å². The summed E-state index contributed by atoms with van der Waals surface area (Å²) in [7, 11) is 1.64. The van der Waals surface area contributed by atoms with Gasteiger partial charge in [-0.25, -0.2) is 4.98 Å². The van der Waals surface area contributed by atoms with E-state index in [2.05, 4.69) is 9.88 Å². The van der Waals surface area contributed by atoms with E-state index in [0.29, 0.717) is 22.3 Å². The maximum atomic E-state index is 12.4. The number of carbonyl (C=O) groups is 1. The van der Waals surface area contributed by atoms with Crippen LogP contribution in [-0.2, 0) is 0 Å². The number of amides is 1. The standard InChI is InChI=1S/C15H16ClN3O2S/c1-21-11-4-5-17-14(10-11)18-6-8-19(9-7-18)15(20)12-2-3-13(16)22-12/h2-5,10H,6-9H2,1H3. The Morgan fingerprint density at radius 3 is 2.68 bits per heavy atom. The predicted octanol–water partition coefficient (Wildman–Crippen LogP) is 2.77. The highest BCUT2D eigenvalue weighted by Crippen LogP contribution is 2.24. The van der Waals surface area contributed by atoms with Gasteiger partial charge >= 0.3 is 0 Å². The molecule has 2 aromatic heterocycles. The minimum atomic E-state index is 0.0511. The molecule has 0 atom stereocenters. The number of hydrogen-bond acceptors (Lipinski definition) is 5. The molecule has 0 radical (unpaired) electrons. The van der Waals surface area contributed by atoms with Gasteiger partial charge in [-0.05, 0) is 18.2 Å². The van der Waals surface area contributed by atoms with Crippen molar-refractivity contribution in [3.8, 4) is 5.75 Å². The van der Waals surface area contributed by atoms with Crippen molar-refractivity contribution in [2.75, 3.05) is 38.2 Å². The van der Waals surface area contributed by atoms with Gasteiger partial charge in [0.2, 0.25) is 0 Å². The van der Waals surface area contributed by atoms with E-state index in [1.54, 1.807) is 25.4 Å². The van der Waals surface area contributed by atoms with Gasteiger partial charge in [0, 0.05) is 38.4 Å². The first-order valence-corrected chi connectivity index (χ1v) is 8.16. The number of hydrogen-bond donors (Lipinski definition) is 0. The van der Waals surface area contributed by atoms with Crippen LogP contribution in [0, 0.1) is 0 Å². The Morgan fingerprint density at radius 1 is 1.27 bits per heavy atom. The van der Waals surface area contributed by atoms with Crippen LogP contribution in [0.25, 0.3) is 0 Å². The summed E-state index contributed by atoms with van der Waals surface area (Å²) in [5.74, 6) is 1.72. The highest BCUT2D eigenvalue weighted by molar-refractivity contribution is 7.17. The maximum Gasteiger partial charge on any atom is 0.264 e. The molecule has 3 rings (SSSR count). The Hall–Kier alpha value is -1.79. The van der Waals surface area contributed by atoms with Crippen molar-refractivity contribution >= 4 is 34.7 Å². The molecular weight excluding hydrogens is 322 g/mol. The second-order valence-electron chi connectivity index (χ2n) is 4.94. The molecule has 0 aromatic carbocycles.